The van der Waals surface area contributed by atoms with E-state index in [0.717, 1.165) is 5.56 Å². The first kappa shape index (κ1) is 17.5. The van der Waals surface area contributed by atoms with Gasteiger partial charge in [-0.3, -0.25) is 4.79 Å². The highest BCUT2D eigenvalue weighted by Crippen LogP contribution is 2.15. The minimum Gasteiger partial charge on any atom is -0.480 e. The molecule has 4 nitrogen and oxygen atoms in total. The Bertz CT molecular complexity index is 502. The van der Waals surface area contributed by atoms with Gasteiger partial charge in [0.05, 0.1) is 0 Å². The number of carbonyl (C=O) groups is 2. The topological polar surface area (TPSA) is 66.4 Å². The maximum Gasteiger partial charge on any atom is 0.326 e. The van der Waals surface area contributed by atoms with Gasteiger partial charge in [0.2, 0.25) is 5.91 Å². The Kier molecular flexibility index (Phi) is 6.69. The van der Waals surface area contributed by atoms with E-state index in [1.54, 1.807) is 13.0 Å². The molecule has 0 aliphatic rings. The number of aliphatic carboxylic acids is 1. The molecule has 21 heavy (non-hydrogen) atoms. The summed E-state index contributed by atoms with van der Waals surface area (Å²) in [7, 11) is 0. The summed E-state index contributed by atoms with van der Waals surface area (Å²) in [5, 5.41) is 12.4. The third kappa shape index (κ3) is 6.17. The zero-order valence-electron chi connectivity index (χ0n) is 12.6. The molecule has 2 N–H and O–H groups in total. The number of carbonyl (C=O) groups excluding carboxylic acids is 1. The lowest BCUT2D eigenvalue weighted by molar-refractivity contribution is -0.142. The SMILES string of the molecule is CC(C)C[C@@H](NC(=O)C(C)Cc1cccc(Cl)c1)C(=O)O. The summed E-state index contributed by atoms with van der Waals surface area (Å²) in [5.41, 5.74) is 0.959. The highest BCUT2D eigenvalue weighted by molar-refractivity contribution is 6.30. The Hall–Kier alpha value is -1.55. The number of carboxylic acids is 1. The number of nitrogens with one attached hydrogen (secondary N) is 1. The van der Waals surface area contributed by atoms with Crippen molar-refractivity contribution in [1.82, 2.24) is 5.32 Å². The molecule has 1 aromatic rings. The van der Waals surface area contributed by atoms with E-state index >= 15 is 0 Å². The fourth-order valence-corrected chi connectivity index (χ4v) is 2.33. The lowest BCUT2D eigenvalue weighted by Gasteiger charge is -2.19. The number of hydrogen-bond donors (Lipinski definition) is 2. The Morgan fingerprint density at radius 3 is 2.48 bits per heavy atom. The van der Waals surface area contributed by atoms with Crippen LogP contribution in [0.3, 0.4) is 0 Å². The number of carboxylic acid groups (broad SMARTS) is 1. The highest BCUT2D eigenvalue weighted by atomic mass is 35.5. The molecule has 0 fully saturated rings. The summed E-state index contributed by atoms with van der Waals surface area (Å²) in [6, 6.07) is 6.49. The van der Waals surface area contributed by atoms with E-state index in [0.29, 0.717) is 17.9 Å². The smallest absolute Gasteiger partial charge is 0.326 e. The summed E-state index contributed by atoms with van der Waals surface area (Å²) in [6.07, 6.45) is 0.950. The van der Waals surface area contributed by atoms with Gasteiger partial charge in [0.15, 0.2) is 0 Å². The summed E-state index contributed by atoms with van der Waals surface area (Å²) in [5.74, 6) is -1.35. The van der Waals surface area contributed by atoms with Crippen molar-refractivity contribution in [3.8, 4) is 0 Å². The third-order valence-electron chi connectivity index (χ3n) is 3.20. The molecule has 0 radical (unpaired) electrons. The maximum absolute atomic E-state index is 12.1. The first-order valence-corrected chi connectivity index (χ1v) is 7.45. The Morgan fingerprint density at radius 2 is 1.95 bits per heavy atom. The Balaban J connectivity index is 2.62. The van der Waals surface area contributed by atoms with Crippen molar-refractivity contribution in [3.05, 3.63) is 34.9 Å². The van der Waals surface area contributed by atoms with E-state index < -0.39 is 12.0 Å². The van der Waals surface area contributed by atoms with Crippen LogP contribution < -0.4 is 5.32 Å². The van der Waals surface area contributed by atoms with Gasteiger partial charge in [-0.1, -0.05) is 44.5 Å². The van der Waals surface area contributed by atoms with Crippen molar-refractivity contribution in [2.75, 3.05) is 0 Å². The Morgan fingerprint density at radius 1 is 1.29 bits per heavy atom. The Labute approximate surface area is 130 Å². The van der Waals surface area contributed by atoms with E-state index in [1.807, 2.05) is 32.0 Å². The molecule has 0 aliphatic carbocycles. The monoisotopic (exact) mass is 311 g/mol. The molecule has 0 aliphatic heterocycles. The predicted molar refractivity (Wildman–Crippen MR) is 83.3 cm³/mol. The lowest BCUT2D eigenvalue weighted by atomic mass is 9.98. The van der Waals surface area contributed by atoms with Crippen molar-refractivity contribution < 1.29 is 14.7 Å². The molecule has 0 saturated heterocycles. The van der Waals surface area contributed by atoms with Gasteiger partial charge >= 0.3 is 5.97 Å². The minimum absolute atomic E-state index is 0.203. The van der Waals surface area contributed by atoms with Crippen LogP contribution in [-0.2, 0) is 16.0 Å². The van der Waals surface area contributed by atoms with Crippen molar-refractivity contribution in [2.45, 2.75) is 39.7 Å². The van der Waals surface area contributed by atoms with E-state index in [1.165, 1.54) is 0 Å². The molecule has 1 amide bonds. The number of amides is 1. The molecule has 2 atom stereocenters. The fourth-order valence-electron chi connectivity index (χ4n) is 2.12. The molecule has 0 aromatic heterocycles. The van der Waals surface area contributed by atoms with Crippen LogP contribution in [0.1, 0.15) is 32.8 Å². The van der Waals surface area contributed by atoms with Gasteiger partial charge in [0.1, 0.15) is 6.04 Å². The van der Waals surface area contributed by atoms with Crippen LogP contribution in [0, 0.1) is 11.8 Å². The van der Waals surface area contributed by atoms with Crippen LogP contribution >= 0.6 is 11.6 Å². The summed E-state index contributed by atoms with van der Waals surface area (Å²) in [4.78, 5) is 23.3. The van der Waals surface area contributed by atoms with Gasteiger partial charge < -0.3 is 10.4 Å². The number of benzene rings is 1. The van der Waals surface area contributed by atoms with E-state index in [2.05, 4.69) is 5.32 Å². The third-order valence-corrected chi connectivity index (χ3v) is 3.44. The van der Waals surface area contributed by atoms with Gasteiger partial charge in [-0.2, -0.15) is 0 Å². The molecular weight excluding hydrogens is 290 g/mol. The molecule has 5 heteroatoms. The van der Waals surface area contributed by atoms with Gasteiger partial charge in [0, 0.05) is 10.9 Å². The van der Waals surface area contributed by atoms with E-state index in [-0.39, 0.29) is 17.7 Å². The average Bonchev–Trinajstić information content (AvgIpc) is 2.37. The second-order valence-corrected chi connectivity index (χ2v) is 6.20. The minimum atomic E-state index is -0.994. The molecule has 0 spiro atoms. The van der Waals surface area contributed by atoms with Crippen LogP contribution in [0.4, 0.5) is 0 Å². The fraction of sp³-hybridized carbons (Fsp3) is 0.500. The molecule has 116 valence electrons. The lowest BCUT2D eigenvalue weighted by Crippen LogP contribution is -2.44. The predicted octanol–water partition coefficient (Wildman–Crippen LogP) is 3.13. The quantitative estimate of drug-likeness (QED) is 0.813. The second-order valence-electron chi connectivity index (χ2n) is 5.76. The van der Waals surface area contributed by atoms with Crippen LogP contribution in [0.5, 0.6) is 0 Å². The molecule has 0 saturated carbocycles. The first-order chi connectivity index (χ1) is 9.79. The molecule has 1 rings (SSSR count). The zero-order valence-corrected chi connectivity index (χ0v) is 13.4. The van der Waals surface area contributed by atoms with Crippen molar-refractivity contribution in [1.29, 1.82) is 0 Å². The van der Waals surface area contributed by atoms with E-state index in [9.17, 15) is 9.59 Å². The average molecular weight is 312 g/mol. The van der Waals surface area contributed by atoms with Crippen LogP contribution in [-0.4, -0.2) is 23.0 Å². The summed E-state index contributed by atoms with van der Waals surface area (Å²) >= 11 is 5.91. The van der Waals surface area contributed by atoms with Gasteiger partial charge in [-0.25, -0.2) is 4.79 Å². The van der Waals surface area contributed by atoms with Crippen LogP contribution in [0.15, 0.2) is 24.3 Å². The standard InChI is InChI=1S/C16H22ClNO3/c1-10(2)7-14(16(20)21)18-15(19)11(3)8-12-5-4-6-13(17)9-12/h4-6,9-11,14H,7-8H2,1-3H3,(H,18,19)(H,20,21)/t11?,14-/m1/s1. The zero-order chi connectivity index (χ0) is 16.0. The molecule has 1 unspecified atom stereocenters. The van der Waals surface area contributed by atoms with Gasteiger partial charge in [-0.15, -0.1) is 0 Å². The largest absolute Gasteiger partial charge is 0.480 e. The normalized spacial score (nSPS) is 13.8. The first-order valence-electron chi connectivity index (χ1n) is 7.07. The summed E-state index contributed by atoms with van der Waals surface area (Å²) in [6.45, 7) is 5.64. The molecule has 1 aromatic carbocycles. The maximum atomic E-state index is 12.1. The van der Waals surface area contributed by atoms with Gasteiger partial charge in [0.25, 0.3) is 0 Å². The van der Waals surface area contributed by atoms with Crippen molar-refractivity contribution in [2.24, 2.45) is 11.8 Å². The highest BCUT2D eigenvalue weighted by Gasteiger charge is 2.23. The van der Waals surface area contributed by atoms with Crippen LogP contribution in [0.25, 0.3) is 0 Å². The summed E-state index contributed by atoms with van der Waals surface area (Å²) < 4.78 is 0. The van der Waals surface area contributed by atoms with E-state index in [4.69, 9.17) is 16.7 Å². The van der Waals surface area contributed by atoms with Crippen molar-refractivity contribution >= 4 is 23.5 Å². The molecule has 0 heterocycles. The number of hydrogen-bond acceptors (Lipinski definition) is 2. The molecule has 0 bridgehead atoms. The number of halogens is 1. The van der Waals surface area contributed by atoms with Gasteiger partial charge in [-0.05, 0) is 36.5 Å². The molecular formula is C16H22ClNO3. The number of rotatable bonds is 7. The second kappa shape index (κ2) is 8.03. The van der Waals surface area contributed by atoms with Crippen LogP contribution in [0.2, 0.25) is 5.02 Å². The van der Waals surface area contributed by atoms with Crippen molar-refractivity contribution in [3.63, 3.8) is 0 Å².